The smallest absolute Gasteiger partial charge is 0.133 e. The van der Waals surface area contributed by atoms with Crippen molar-refractivity contribution in [3.63, 3.8) is 0 Å². The minimum Gasteiger partial charge on any atom is -0.368 e. The second-order valence-electron chi connectivity index (χ2n) is 7.90. The van der Waals surface area contributed by atoms with E-state index in [0.717, 1.165) is 48.7 Å². The van der Waals surface area contributed by atoms with Gasteiger partial charge in [0.1, 0.15) is 5.84 Å². The highest BCUT2D eigenvalue weighted by atomic mass is 15.3. The lowest BCUT2D eigenvalue weighted by atomic mass is 10.0. The molecule has 1 atom stereocenters. The van der Waals surface area contributed by atoms with Gasteiger partial charge in [0.05, 0.1) is 23.1 Å². The van der Waals surface area contributed by atoms with Crippen molar-refractivity contribution in [3.05, 3.63) is 59.6 Å². The van der Waals surface area contributed by atoms with Gasteiger partial charge in [0.2, 0.25) is 0 Å². The van der Waals surface area contributed by atoms with Crippen molar-refractivity contribution in [1.29, 1.82) is 0 Å². The molecule has 144 valence electrons. The van der Waals surface area contributed by atoms with E-state index in [4.69, 9.17) is 4.99 Å². The highest BCUT2D eigenvalue weighted by Gasteiger charge is 2.22. The molecule has 5 rings (SSSR count). The molecule has 6 heteroatoms. The molecule has 0 bridgehead atoms. The first kappa shape index (κ1) is 17.3. The molecule has 0 unspecified atom stereocenters. The number of benzene rings is 1. The summed E-state index contributed by atoms with van der Waals surface area (Å²) in [5, 5.41) is 9.06. The average Bonchev–Trinajstić information content (AvgIpc) is 3.08. The van der Waals surface area contributed by atoms with E-state index in [1.54, 1.807) is 0 Å². The number of nitrogens with one attached hydrogen (secondary N) is 1. The molecule has 1 N–H and O–H groups in total. The van der Waals surface area contributed by atoms with Crippen LogP contribution in [0.2, 0.25) is 0 Å². The summed E-state index contributed by atoms with van der Waals surface area (Å²) in [4.78, 5) is 9.63. The number of rotatable bonds is 2. The number of nitrogens with zero attached hydrogens (tertiary/aromatic N) is 5. The van der Waals surface area contributed by atoms with Crippen molar-refractivity contribution in [2.75, 3.05) is 26.2 Å². The van der Waals surface area contributed by atoms with Crippen LogP contribution in [0.15, 0.2) is 53.4 Å². The molecule has 3 aliphatic rings. The third-order valence-corrected chi connectivity index (χ3v) is 5.76. The zero-order valence-corrected chi connectivity index (χ0v) is 16.7. The molecule has 1 aromatic carbocycles. The first-order chi connectivity index (χ1) is 13.6. The van der Waals surface area contributed by atoms with Crippen LogP contribution in [-0.2, 0) is 7.05 Å². The highest BCUT2D eigenvalue weighted by Crippen LogP contribution is 2.28. The van der Waals surface area contributed by atoms with Crippen LogP contribution < -0.4 is 5.32 Å². The summed E-state index contributed by atoms with van der Waals surface area (Å²) in [7, 11) is 1.99. The van der Waals surface area contributed by atoms with Gasteiger partial charge in [0.25, 0.3) is 0 Å². The predicted octanol–water partition coefficient (Wildman–Crippen LogP) is 2.64. The van der Waals surface area contributed by atoms with Gasteiger partial charge in [-0.25, -0.2) is 4.99 Å². The van der Waals surface area contributed by atoms with E-state index in [-0.39, 0.29) is 0 Å². The standard InChI is InChI=1S/C22H26N6/c1-15-10-17(11-18-12-24-26(3)22(15)18)20-6-8-28-14-19(4-5-21(28)25-20)27-9-7-23-16(2)13-27/h4-6,10-12,14,16,23H,7-9,13H2,1-3H3/t16-/m0/s1. The number of allylic oxidation sites excluding steroid dienone is 1. The van der Waals surface area contributed by atoms with Crippen molar-refractivity contribution in [2.45, 2.75) is 19.9 Å². The number of fused-ring (bicyclic) bond motifs is 2. The molecular weight excluding hydrogens is 348 g/mol. The van der Waals surface area contributed by atoms with E-state index >= 15 is 0 Å². The maximum atomic E-state index is 4.94. The molecule has 1 saturated heterocycles. The second-order valence-corrected chi connectivity index (χ2v) is 7.90. The summed E-state index contributed by atoms with van der Waals surface area (Å²) in [6.07, 6.45) is 10.7. The van der Waals surface area contributed by atoms with E-state index < -0.39 is 0 Å². The van der Waals surface area contributed by atoms with Gasteiger partial charge < -0.3 is 15.1 Å². The molecule has 6 nitrogen and oxygen atoms in total. The Hall–Kier alpha value is -2.86. The number of amidine groups is 1. The van der Waals surface area contributed by atoms with Gasteiger partial charge in [0, 0.05) is 56.4 Å². The molecule has 4 heterocycles. The third-order valence-electron chi connectivity index (χ3n) is 5.76. The molecule has 0 saturated carbocycles. The zero-order chi connectivity index (χ0) is 19.3. The molecule has 1 fully saturated rings. The monoisotopic (exact) mass is 374 g/mol. The lowest BCUT2D eigenvalue weighted by Crippen LogP contribution is -2.49. The quantitative estimate of drug-likeness (QED) is 0.878. The Morgan fingerprint density at radius 2 is 2.11 bits per heavy atom. The Morgan fingerprint density at radius 3 is 2.96 bits per heavy atom. The predicted molar refractivity (Wildman–Crippen MR) is 114 cm³/mol. The summed E-state index contributed by atoms with van der Waals surface area (Å²) in [6.45, 7) is 8.35. The molecule has 0 aliphatic carbocycles. The fraction of sp³-hybridized carbons (Fsp3) is 0.364. The molecule has 3 aliphatic heterocycles. The number of aliphatic imine (C=N–C) groups is 1. The lowest BCUT2D eigenvalue weighted by Gasteiger charge is -2.37. The first-order valence-corrected chi connectivity index (χ1v) is 9.95. The van der Waals surface area contributed by atoms with Crippen LogP contribution in [0.1, 0.15) is 18.1 Å². The summed E-state index contributed by atoms with van der Waals surface area (Å²) in [5.41, 5.74) is 5.88. The lowest BCUT2D eigenvalue weighted by molar-refractivity contribution is 0.258. The first-order valence-electron chi connectivity index (χ1n) is 9.95. The maximum Gasteiger partial charge on any atom is 0.133 e. The van der Waals surface area contributed by atoms with Crippen molar-refractivity contribution in [1.82, 2.24) is 24.9 Å². The largest absolute Gasteiger partial charge is 0.368 e. The number of piperazine rings is 1. The topological polar surface area (TPSA) is 48.7 Å². The van der Waals surface area contributed by atoms with Gasteiger partial charge >= 0.3 is 0 Å². The van der Waals surface area contributed by atoms with Crippen LogP contribution in [-0.4, -0.2) is 57.6 Å². The molecule has 0 amide bonds. The Morgan fingerprint density at radius 1 is 1.21 bits per heavy atom. The Balaban J connectivity index is 1.41. The van der Waals surface area contributed by atoms with Crippen molar-refractivity contribution < 1.29 is 0 Å². The molecular formula is C22H26N6. The van der Waals surface area contributed by atoms with Gasteiger partial charge in [-0.15, -0.1) is 0 Å². The van der Waals surface area contributed by atoms with Crippen LogP contribution in [0.5, 0.6) is 0 Å². The SMILES string of the molecule is Cc1cc(C2=CCN3C=C(N4CCN[C@@H](C)C4)C=CC3=N2)cc2cnn(C)c12. The minimum absolute atomic E-state index is 0.525. The van der Waals surface area contributed by atoms with Crippen LogP contribution in [0.25, 0.3) is 16.6 Å². The van der Waals surface area contributed by atoms with E-state index in [2.05, 4.69) is 70.6 Å². The van der Waals surface area contributed by atoms with E-state index in [9.17, 15) is 0 Å². The fourth-order valence-electron chi connectivity index (χ4n) is 4.36. The highest BCUT2D eigenvalue weighted by molar-refractivity contribution is 6.00. The van der Waals surface area contributed by atoms with Gasteiger partial charge in [-0.2, -0.15) is 5.10 Å². The third kappa shape index (κ3) is 2.94. The number of aryl methyl sites for hydroxylation is 2. The summed E-state index contributed by atoms with van der Waals surface area (Å²) in [5.74, 6) is 1.01. The Labute approximate surface area is 165 Å². The second kappa shape index (κ2) is 6.63. The van der Waals surface area contributed by atoms with Crippen LogP contribution in [0, 0.1) is 6.92 Å². The Kier molecular flexibility index (Phi) is 4.09. The summed E-state index contributed by atoms with van der Waals surface area (Å²) >= 11 is 0. The fourth-order valence-corrected chi connectivity index (χ4v) is 4.36. The van der Waals surface area contributed by atoms with Crippen LogP contribution in [0.3, 0.4) is 0 Å². The minimum atomic E-state index is 0.525. The van der Waals surface area contributed by atoms with Crippen molar-refractivity contribution >= 4 is 22.4 Å². The van der Waals surface area contributed by atoms with Gasteiger partial charge in [-0.05, 0) is 49.8 Å². The normalized spacial score (nSPS) is 22.1. The van der Waals surface area contributed by atoms with E-state index in [0.29, 0.717) is 6.04 Å². The maximum absolute atomic E-state index is 4.94. The summed E-state index contributed by atoms with van der Waals surface area (Å²) < 4.78 is 1.94. The molecule has 0 spiro atoms. The average molecular weight is 374 g/mol. The van der Waals surface area contributed by atoms with Crippen LogP contribution >= 0.6 is 0 Å². The molecule has 0 radical (unpaired) electrons. The van der Waals surface area contributed by atoms with Crippen LogP contribution in [0.4, 0.5) is 0 Å². The van der Waals surface area contributed by atoms with Crippen molar-refractivity contribution in [2.24, 2.45) is 12.0 Å². The Bertz CT molecular complexity index is 1050. The molecule has 1 aromatic heterocycles. The van der Waals surface area contributed by atoms with Crippen molar-refractivity contribution in [3.8, 4) is 0 Å². The van der Waals surface area contributed by atoms with Gasteiger partial charge in [0.15, 0.2) is 0 Å². The van der Waals surface area contributed by atoms with Gasteiger partial charge in [-0.1, -0.05) is 0 Å². The number of hydrogen-bond acceptors (Lipinski definition) is 5. The molecule has 2 aromatic rings. The summed E-state index contributed by atoms with van der Waals surface area (Å²) in [6, 6.07) is 4.93. The zero-order valence-electron chi connectivity index (χ0n) is 16.7. The number of aromatic nitrogens is 2. The molecule has 28 heavy (non-hydrogen) atoms. The van der Waals surface area contributed by atoms with Gasteiger partial charge in [-0.3, -0.25) is 4.68 Å². The van der Waals surface area contributed by atoms with E-state index in [1.807, 2.05) is 17.9 Å². The van der Waals surface area contributed by atoms with E-state index in [1.165, 1.54) is 16.8 Å². The number of hydrogen-bond donors (Lipinski definition) is 1.